The highest BCUT2D eigenvalue weighted by Gasteiger charge is 2.41. The van der Waals surface area contributed by atoms with Crippen molar-refractivity contribution < 1.29 is 19.8 Å². The van der Waals surface area contributed by atoms with Gasteiger partial charge in [0.05, 0.1) is 18.1 Å². The first-order chi connectivity index (χ1) is 8.40. The number of carbonyl (C=O) groups excluding carboxylic acids is 2. The fourth-order valence-electron chi connectivity index (χ4n) is 2.36. The maximum atomic E-state index is 12.2. The Labute approximate surface area is 107 Å². The van der Waals surface area contributed by atoms with Gasteiger partial charge in [-0.1, -0.05) is 6.92 Å². The lowest BCUT2D eigenvalue weighted by Crippen LogP contribution is -2.48. The smallest absolute Gasteiger partial charge is 0.228 e. The van der Waals surface area contributed by atoms with Gasteiger partial charge in [0, 0.05) is 6.54 Å². The number of nitrogens with zero attached hydrogens (tertiary/aromatic N) is 1. The van der Waals surface area contributed by atoms with Gasteiger partial charge in [0.25, 0.3) is 0 Å². The summed E-state index contributed by atoms with van der Waals surface area (Å²) in [6, 6.07) is -0.773. The Morgan fingerprint density at radius 1 is 1.50 bits per heavy atom. The molecule has 0 aromatic carbocycles. The third-order valence-electron chi connectivity index (χ3n) is 3.49. The molecule has 1 aliphatic rings. The number of aliphatic hydroxyl groups is 2. The molecule has 0 bridgehead atoms. The molecule has 1 fully saturated rings. The normalized spacial score (nSPS) is 27.1. The number of ketones is 1. The van der Waals surface area contributed by atoms with Gasteiger partial charge in [0.1, 0.15) is 6.04 Å². The van der Waals surface area contributed by atoms with Crippen molar-refractivity contribution in [1.82, 2.24) is 4.90 Å². The van der Waals surface area contributed by atoms with E-state index < -0.39 is 24.2 Å². The molecule has 1 heterocycles. The lowest BCUT2D eigenvalue weighted by Gasteiger charge is -2.28. The molecule has 18 heavy (non-hydrogen) atoms. The summed E-state index contributed by atoms with van der Waals surface area (Å²) in [6.45, 7) is 3.63. The van der Waals surface area contributed by atoms with Gasteiger partial charge in [-0.3, -0.25) is 9.59 Å². The summed E-state index contributed by atoms with van der Waals surface area (Å²) < 4.78 is 0. The lowest BCUT2D eigenvalue weighted by molar-refractivity contribution is -0.144. The molecule has 0 spiro atoms. The summed E-state index contributed by atoms with van der Waals surface area (Å²) in [5.41, 5.74) is 5.34. The molecule has 0 aromatic heterocycles. The molecular formula is C12H22N2O4. The fraction of sp³-hybridized carbons (Fsp3) is 0.833. The standard InChI is InChI=1S/C12H22N2O4/c1-7(9(16)3-5-13)12(18)14-6-4-10(17)11(14)8(2)15/h7,9-11,16-17H,3-6,13H2,1-2H3/t7-,9+,10-,11-/m0/s1. The number of hydrogen-bond acceptors (Lipinski definition) is 5. The van der Waals surface area contributed by atoms with Gasteiger partial charge in [0.2, 0.25) is 5.91 Å². The molecule has 1 amide bonds. The van der Waals surface area contributed by atoms with E-state index in [9.17, 15) is 19.8 Å². The van der Waals surface area contributed by atoms with E-state index in [-0.39, 0.29) is 11.7 Å². The van der Waals surface area contributed by atoms with Crippen molar-refractivity contribution in [2.24, 2.45) is 11.7 Å². The highest BCUT2D eigenvalue weighted by Crippen LogP contribution is 2.22. The van der Waals surface area contributed by atoms with E-state index in [0.29, 0.717) is 25.9 Å². The second kappa shape index (κ2) is 6.26. The summed E-state index contributed by atoms with van der Waals surface area (Å²) in [4.78, 5) is 25.0. The van der Waals surface area contributed by atoms with Crippen LogP contribution in [0.15, 0.2) is 0 Å². The minimum atomic E-state index is -0.812. The Kier molecular flexibility index (Phi) is 5.25. The molecule has 0 unspecified atom stereocenters. The van der Waals surface area contributed by atoms with Gasteiger partial charge in [0.15, 0.2) is 5.78 Å². The fourth-order valence-corrected chi connectivity index (χ4v) is 2.36. The van der Waals surface area contributed by atoms with E-state index in [1.807, 2.05) is 0 Å². The van der Waals surface area contributed by atoms with E-state index in [4.69, 9.17) is 5.73 Å². The van der Waals surface area contributed by atoms with Crippen LogP contribution in [-0.2, 0) is 9.59 Å². The Morgan fingerprint density at radius 2 is 2.11 bits per heavy atom. The number of rotatable bonds is 5. The predicted molar refractivity (Wildman–Crippen MR) is 65.6 cm³/mol. The monoisotopic (exact) mass is 258 g/mol. The van der Waals surface area contributed by atoms with Crippen LogP contribution in [0.1, 0.15) is 26.7 Å². The largest absolute Gasteiger partial charge is 0.392 e. The molecule has 6 heteroatoms. The molecule has 0 aliphatic carbocycles. The molecule has 0 radical (unpaired) electrons. The minimum Gasteiger partial charge on any atom is -0.392 e. The number of carbonyl (C=O) groups is 2. The number of Topliss-reactive ketones (excluding diaryl/α,β-unsaturated/α-hetero) is 1. The van der Waals surface area contributed by atoms with E-state index in [1.54, 1.807) is 6.92 Å². The SMILES string of the molecule is CC(=O)[C@H]1[C@@H](O)CCN1C(=O)[C@@H](C)[C@H](O)CCN. The lowest BCUT2D eigenvalue weighted by atomic mass is 9.99. The number of nitrogens with two attached hydrogens (primary N) is 1. The maximum Gasteiger partial charge on any atom is 0.228 e. The highest BCUT2D eigenvalue weighted by atomic mass is 16.3. The molecule has 0 aromatic rings. The molecule has 1 aliphatic heterocycles. The first-order valence-corrected chi connectivity index (χ1v) is 6.27. The molecule has 104 valence electrons. The zero-order valence-electron chi connectivity index (χ0n) is 10.9. The Hall–Kier alpha value is -0.980. The van der Waals surface area contributed by atoms with Crippen LogP contribution in [0, 0.1) is 5.92 Å². The average molecular weight is 258 g/mol. The molecule has 1 saturated heterocycles. The van der Waals surface area contributed by atoms with Crippen LogP contribution >= 0.6 is 0 Å². The van der Waals surface area contributed by atoms with Crippen molar-refractivity contribution >= 4 is 11.7 Å². The third-order valence-corrected chi connectivity index (χ3v) is 3.49. The second-order valence-corrected chi connectivity index (χ2v) is 4.88. The number of hydrogen-bond donors (Lipinski definition) is 3. The van der Waals surface area contributed by atoms with Gasteiger partial charge in [-0.2, -0.15) is 0 Å². The van der Waals surface area contributed by atoms with Crippen LogP contribution in [0.2, 0.25) is 0 Å². The number of likely N-dealkylation sites (tertiary alicyclic amines) is 1. The average Bonchev–Trinajstić information content (AvgIpc) is 2.69. The van der Waals surface area contributed by atoms with Gasteiger partial charge in [-0.25, -0.2) is 0 Å². The van der Waals surface area contributed by atoms with Crippen LogP contribution in [-0.4, -0.2) is 58.1 Å². The van der Waals surface area contributed by atoms with E-state index in [0.717, 1.165) is 0 Å². The van der Waals surface area contributed by atoms with Crippen molar-refractivity contribution in [1.29, 1.82) is 0 Å². The van der Waals surface area contributed by atoms with E-state index in [2.05, 4.69) is 0 Å². The van der Waals surface area contributed by atoms with Gasteiger partial charge < -0.3 is 20.8 Å². The number of aliphatic hydroxyl groups excluding tert-OH is 2. The van der Waals surface area contributed by atoms with Gasteiger partial charge in [-0.15, -0.1) is 0 Å². The van der Waals surface area contributed by atoms with E-state index >= 15 is 0 Å². The topological polar surface area (TPSA) is 104 Å². The van der Waals surface area contributed by atoms with Crippen molar-refractivity contribution in [3.05, 3.63) is 0 Å². The Morgan fingerprint density at radius 3 is 2.61 bits per heavy atom. The van der Waals surface area contributed by atoms with Gasteiger partial charge in [-0.05, 0) is 26.3 Å². The quantitative estimate of drug-likeness (QED) is 0.579. The zero-order chi connectivity index (χ0) is 13.9. The highest BCUT2D eigenvalue weighted by molar-refractivity contribution is 5.89. The molecule has 6 nitrogen and oxygen atoms in total. The summed E-state index contributed by atoms with van der Waals surface area (Å²) in [5.74, 6) is -1.14. The first-order valence-electron chi connectivity index (χ1n) is 6.27. The van der Waals surface area contributed by atoms with Gasteiger partial charge >= 0.3 is 0 Å². The zero-order valence-corrected chi connectivity index (χ0v) is 10.9. The van der Waals surface area contributed by atoms with Crippen LogP contribution in [0.5, 0.6) is 0 Å². The molecule has 4 N–H and O–H groups in total. The molecular weight excluding hydrogens is 236 g/mol. The van der Waals surface area contributed by atoms with Crippen LogP contribution in [0.4, 0.5) is 0 Å². The van der Waals surface area contributed by atoms with Crippen molar-refractivity contribution in [3.8, 4) is 0 Å². The van der Waals surface area contributed by atoms with Crippen molar-refractivity contribution in [2.45, 2.75) is 44.9 Å². The third kappa shape index (κ3) is 3.07. The second-order valence-electron chi connectivity index (χ2n) is 4.88. The van der Waals surface area contributed by atoms with Crippen LogP contribution in [0.3, 0.4) is 0 Å². The van der Waals surface area contributed by atoms with Crippen LogP contribution in [0.25, 0.3) is 0 Å². The minimum absolute atomic E-state index is 0.228. The number of amides is 1. The maximum absolute atomic E-state index is 12.2. The summed E-state index contributed by atoms with van der Waals surface area (Å²) >= 11 is 0. The summed E-state index contributed by atoms with van der Waals surface area (Å²) in [6.07, 6.45) is -0.873. The molecule has 0 saturated carbocycles. The van der Waals surface area contributed by atoms with Crippen LogP contribution < -0.4 is 5.73 Å². The molecule has 4 atom stereocenters. The summed E-state index contributed by atoms with van der Waals surface area (Å²) in [5, 5.41) is 19.5. The predicted octanol–water partition coefficient (Wildman–Crippen LogP) is -1.12. The van der Waals surface area contributed by atoms with Crippen molar-refractivity contribution in [2.75, 3.05) is 13.1 Å². The first kappa shape index (κ1) is 15.1. The Balaban J connectivity index is 2.74. The summed E-state index contributed by atoms with van der Waals surface area (Å²) in [7, 11) is 0. The van der Waals surface area contributed by atoms with Crippen molar-refractivity contribution in [3.63, 3.8) is 0 Å². The molecule has 1 rings (SSSR count). The Bertz CT molecular complexity index is 321. The van der Waals surface area contributed by atoms with E-state index in [1.165, 1.54) is 11.8 Å².